The van der Waals surface area contributed by atoms with E-state index >= 15 is 0 Å². The first-order valence-corrected chi connectivity index (χ1v) is 8.37. The Bertz CT molecular complexity index is 341. The molecule has 0 aromatic heterocycles. The standard InChI is InChI=1S/C13H22N2OS/c16-12-13(8-5-9-13)10-17(15-12)14-11-6-3-1-2-4-7-11/h11H,1-10H2,(H,14,15,16). The Kier molecular flexibility index (Phi) is 3.35. The summed E-state index contributed by atoms with van der Waals surface area (Å²) in [7, 11) is -0.155. The SMILES string of the molecule is O=C1N=S(NC2CCCCCC2)CC12CCC2. The maximum atomic E-state index is 11.9. The molecule has 3 aliphatic rings. The van der Waals surface area contributed by atoms with Crippen molar-refractivity contribution in [1.82, 2.24) is 4.72 Å². The molecule has 17 heavy (non-hydrogen) atoms. The van der Waals surface area contributed by atoms with Gasteiger partial charge in [0.1, 0.15) is 0 Å². The number of hydrogen-bond donors (Lipinski definition) is 1. The van der Waals surface area contributed by atoms with Crippen molar-refractivity contribution in [3.8, 4) is 0 Å². The number of nitrogens with one attached hydrogen (secondary N) is 1. The summed E-state index contributed by atoms with van der Waals surface area (Å²) in [6, 6.07) is 0.618. The van der Waals surface area contributed by atoms with E-state index in [0.717, 1.165) is 18.6 Å². The predicted molar refractivity (Wildman–Crippen MR) is 70.6 cm³/mol. The van der Waals surface area contributed by atoms with Crippen LogP contribution in [0.25, 0.3) is 0 Å². The monoisotopic (exact) mass is 254 g/mol. The first-order chi connectivity index (χ1) is 8.28. The third-order valence-corrected chi connectivity index (χ3v) is 6.35. The van der Waals surface area contributed by atoms with Gasteiger partial charge in [-0.2, -0.15) is 4.36 Å². The average molecular weight is 254 g/mol. The van der Waals surface area contributed by atoms with Crippen molar-refractivity contribution >= 4 is 16.8 Å². The van der Waals surface area contributed by atoms with Gasteiger partial charge in [0.05, 0.1) is 5.41 Å². The Hall–Kier alpha value is -0.220. The number of hydrogen-bond acceptors (Lipinski definition) is 2. The lowest BCUT2D eigenvalue weighted by atomic mass is 9.70. The van der Waals surface area contributed by atoms with Crippen LogP contribution in [0.3, 0.4) is 0 Å². The maximum absolute atomic E-state index is 11.9. The van der Waals surface area contributed by atoms with Gasteiger partial charge in [-0.15, -0.1) is 0 Å². The highest BCUT2D eigenvalue weighted by atomic mass is 32.2. The van der Waals surface area contributed by atoms with Crippen LogP contribution in [-0.4, -0.2) is 17.7 Å². The summed E-state index contributed by atoms with van der Waals surface area (Å²) in [5.74, 6) is 1.20. The molecule has 2 saturated carbocycles. The van der Waals surface area contributed by atoms with Crippen LogP contribution in [0.2, 0.25) is 0 Å². The summed E-state index contributed by atoms with van der Waals surface area (Å²) in [6.45, 7) is 0. The molecule has 2 aliphatic carbocycles. The van der Waals surface area contributed by atoms with Crippen LogP contribution in [0.15, 0.2) is 4.36 Å². The fraction of sp³-hybridized carbons (Fsp3) is 0.923. The molecule has 1 N–H and O–H groups in total. The number of amides is 1. The molecular weight excluding hydrogens is 232 g/mol. The van der Waals surface area contributed by atoms with E-state index in [-0.39, 0.29) is 22.2 Å². The summed E-state index contributed by atoms with van der Waals surface area (Å²) in [4.78, 5) is 11.9. The molecule has 4 heteroatoms. The van der Waals surface area contributed by atoms with E-state index in [0.29, 0.717) is 6.04 Å². The molecule has 1 unspecified atom stereocenters. The first-order valence-electron chi connectivity index (χ1n) is 7.02. The van der Waals surface area contributed by atoms with Crippen LogP contribution in [0.4, 0.5) is 0 Å². The molecule has 2 fully saturated rings. The Morgan fingerprint density at radius 2 is 1.82 bits per heavy atom. The van der Waals surface area contributed by atoms with Crippen molar-refractivity contribution < 1.29 is 4.79 Å². The van der Waals surface area contributed by atoms with Crippen molar-refractivity contribution in [2.75, 3.05) is 5.75 Å². The van der Waals surface area contributed by atoms with E-state index in [1.807, 2.05) is 0 Å². The van der Waals surface area contributed by atoms with Crippen LogP contribution in [0.5, 0.6) is 0 Å². The highest BCUT2D eigenvalue weighted by Crippen LogP contribution is 2.45. The Morgan fingerprint density at radius 3 is 2.35 bits per heavy atom. The lowest BCUT2D eigenvalue weighted by Gasteiger charge is -2.35. The Labute approximate surface area is 106 Å². The van der Waals surface area contributed by atoms with Gasteiger partial charge < -0.3 is 0 Å². The molecule has 0 bridgehead atoms. The largest absolute Gasteiger partial charge is 0.271 e. The van der Waals surface area contributed by atoms with E-state index in [9.17, 15) is 4.79 Å². The van der Waals surface area contributed by atoms with Gasteiger partial charge in [0, 0.05) is 11.8 Å². The first kappa shape index (κ1) is 11.8. The van der Waals surface area contributed by atoms with E-state index in [4.69, 9.17) is 0 Å². The van der Waals surface area contributed by atoms with Gasteiger partial charge in [0.2, 0.25) is 0 Å². The molecule has 1 aliphatic heterocycles. The lowest BCUT2D eigenvalue weighted by molar-refractivity contribution is -0.129. The highest BCUT2D eigenvalue weighted by Gasteiger charge is 2.48. The van der Waals surface area contributed by atoms with Crippen LogP contribution in [0, 0.1) is 5.41 Å². The zero-order chi connectivity index (χ0) is 11.7. The molecule has 1 atom stereocenters. The molecule has 1 heterocycles. The van der Waals surface area contributed by atoms with Gasteiger partial charge in [-0.05, 0) is 36.6 Å². The summed E-state index contributed by atoms with van der Waals surface area (Å²) >= 11 is 0. The second-order valence-corrected chi connectivity index (χ2v) is 7.28. The third-order valence-electron chi connectivity index (χ3n) is 4.53. The van der Waals surface area contributed by atoms with E-state index in [2.05, 4.69) is 9.08 Å². The highest BCUT2D eigenvalue weighted by molar-refractivity contribution is 7.86. The molecule has 0 saturated heterocycles. The minimum Gasteiger partial charge on any atom is -0.271 e. The van der Waals surface area contributed by atoms with Crippen molar-refractivity contribution in [2.24, 2.45) is 9.78 Å². The normalized spacial score (nSPS) is 33.2. The fourth-order valence-electron chi connectivity index (χ4n) is 3.17. The molecule has 3 nitrogen and oxygen atoms in total. The summed E-state index contributed by atoms with van der Waals surface area (Å²) in [5, 5.41) is 0. The van der Waals surface area contributed by atoms with Crippen LogP contribution >= 0.6 is 0 Å². The van der Waals surface area contributed by atoms with Crippen LogP contribution in [-0.2, 0) is 15.7 Å². The summed E-state index contributed by atoms with van der Waals surface area (Å²) < 4.78 is 8.02. The molecule has 96 valence electrons. The smallest absolute Gasteiger partial charge is 0.259 e. The zero-order valence-corrected chi connectivity index (χ0v) is 11.2. The number of carbonyl (C=O) groups excluding carboxylic acids is 1. The Balaban J connectivity index is 1.58. The molecule has 0 radical (unpaired) electrons. The molecule has 0 aromatic carbocycles. The molecule has 1 spiro atoms. The molecule has 1 amide bonds. The lowest BCUT2D eigenvalue weighted by Crippen LogP contribution is -2.39. The quantitative estimate of drug-likeness (QED) is 0.770. The van der Waals surface area contributed by atoms with Crippen LogP contribution in [0.1, 0.15) is 57.8 Å². The average Bonchev–Trinajstić information content (AvgIpc) is 2.46. The van der Waals surface area contributed by atoms with Gasteiger partial charge in [-0.1, -0.05) is 32.1 Å². The minimum absolute atomic E-state index is 0.0131. The van der Waals surface area contributed by atoms with E-state index in [1.165, 1.54) is 44.9 Å². The zero-order valence-electron chi connectivity index (χ0n) is 10.4. The van der Waals surface area contributed by atoms with Crippen molar-refractivity contribution in [3.63, 3.8) is 0 Å². The van der Waals surface area contributed by atoms with Gasteiger partial charge in [0.25, 0.3) is 5.91 Å². The van der Waals surface area contributed by atoms with Crippen LogP contribution < -0.4 is 4.72 Å². The van der Waals surface area contributed by atoms with Gasteiger partial charge >= 0.3 is 0 Å². The molecular formula is C13H22N2OS. The van der Waals surface area contributed by atoms with E-state index < -0.39 is 0 Å². The summed E-state index contributed by atoms with van der Waals surface area (Å²) in [6.07, 6.45) is 11.4. The molecule has 0 aromatic rings. The number of rotatable bonds is 2. The van der Waals surface area contributed by atoms with Gasteiger partial charge in [-0.3, -0.25) is 9.52 Å². The fourth-order valence-corrected chi connectivity index (χ4v) is 5.32. The predicted octanol–water partition coefficient (Wildman–Crippen LogP) is 2.73. The number of carbonyl (C=O) groups is 1. The third kappa shape index (κ3) is 2.34. The maximum Gasteiger partial charge on any atom is 0.259 e. The Morgan fingerprint density at radius 1 is 1.12 bits per heavy atom. The van der Waals surface area contributed by atoms with Gasteiger partial charge in [-0.25, -0.2) is 0 Å². The number of nitrogens with zero attached hydrogens (tertiary/aromatic N) is 1. The molecule has 3 rings (SSSR count). The minimum atomic E-state index is -0.155. The topological polar surface area (TPSA) is 41.5 Å². The van der Waals surface area contributed by atoms with Crippen molar-refractivity contribution in [3.05, 3.63) is 0 Å². The van der Waals surface area contributed by atoms with Crippen molar-refractivity contribution in [1.29, 1.82) is 0 Å². The van der Waals surface area contributed by atoms with Gasteiger partial charge in [0.15, 0.2) is 0 Å². The second kappa shape index (κ2) is 4.81. The summed E-state index contributed by atoms with van der Waals surface area (Å²) in [5.41, 5.74) is -0.0131. The van der Waals surface area contributed by atoms with E-state index in [1.54, 1.807) is 0 Å². The van der Waals surface area contributed by atoms with Crippen molar-refractivity contribution in [2.45, 2.75) is 63.8 Å². The second-order valence-electron chi connectivity index (χ2n) is 5.85.